The Morgan fingerprint density at radius 3 is 3.14 bits per heavy atom. The molecule has 1 rings (SSSR count). The molecule has 1 unspecified atom stereocenters. The zero-order chi connectivity index (χ0) is 10.4. The van der Waals surface area contributed by atoms with Crippen LogP contribution >= 0.6 is 0 Å². The lowest BCUT2D eigenvalue weighted by Crippen LogP contribution is -2.31. The lowest BCUT2D eigenvalue weighted by atomic mass is 10.2. The maximum atomic E-state index is 11.4. The molecule has 14 heavy (non-hydrogen) atoms. The highest BCUT2D eigenvalue weighted by molar-refractivity contribution is 5.76. The Balaban J connectivity index is 2.24. The fourth-order valence-electron chi connectivity index (χ4n) is 1.54. The van der Waals surface area contributed by atoms with Crippen molar-refractivity contribution in [2.75, 3.05) is 40.4 Å². The Hall–Kier alpha value is -0.810. The van der Waals surface area contributed by atoms with Crippen LogP contribution in [0.4, 0.5) is 4.79 Å². The van der Waals surface area contributed by atoms with Crippen LogP contribution in [0.15, 0.2) is 0 Å². The van der Waals surface area contributed by atoms with Gasteiger partial charge in [0.2, 0.25) is 0 Å². The standard InChI is InChI=1S/C9H19N3O2/c1-10-4-3-8-7-12(5-6-14-2)9(13)11-8/h8,10H,3-7H2,1-2H3,(H,11,13). The van der Waals surface area contributed by atoms with Crippen LogP contribution < -0.4 is 10.6 Å². The van der Waals surface area contributed by atoms with Crippen LogP contribution in [0.25, 0.3) is 0 Å². The number of hydrogen-bond acceptors (Lipinski definition) is 3. The molecule has 2 N–H and O–H groups in total. The van der Waals surface area contributed by atoms with E-state index >= 15 is 0 Å². The quantitative estimate of drug-likeness (QED) is 0.617. The van der Waals surface area contributed by atoms with Gasteiger partial charge < -0.3 is 20.3 Å². The van der Waals surface area contributed by atoms with Crippen molar-refractivity contribution >= 4 is 6.03 Å². The fraction of sp³-hybridized carbons (Fsp3) is 0.889. The number of nitrogens with one attached hydrogen (secondary N) is 2. The zero-order valence-electron chi connectivity index (χ0n) is 8.88. The van der Waals surface area contributed by atoms with Gasteiger partial charge in [0, 0.05) is 26.2 Å². The number of carbonyl (C=O) groups is 1. The Morgan fingerprint density at radius 2 is 2.50 bits per heavy atom. The molecule has 1 fully saturated rings. The third kappa shape index (κ3) is 3.16. The van der Waals surface area contributed by atoms with E-state index in [2.05, 4.69) is 10.6 Å². The molecule has 0 aromatic carbocycles. The zero-order valence-corrected chi connectivity index (χ0v) is 8.88. The third-order valence-corrected chi connectivity index (χ3v) is 2.36. The van der Waals surface area contributed by atoms with Gasteiger partial charge in [-0.05, 0) is 20.0 Å². The molecule has 1 saturated heterocycles. The van der Waals surface area contributed by atoms with Gasteiger partial charge in [0.05, 0.1) is 6.61 Å². The van der Waals surface area contributed by atoms with Crippen LogP contribution in [0, 0.1) is 0 Å². The number of nitrogens with zero attached hydrogens (tertiary/aromatic N) is 1. The molecule has 1 heterocycles. The summed E-state index contributed by atoms with van der Waals surface area (Å²) >= 11 is 0. The van der Waals surface area contributed by atoms with E-state index in [0.717, 1.165) is 19.5 Å². The average Bonchev–Trinajstić information content (AvgIpc) is 2.53. The van der Waals surface area contributed by atoms with Gasteiger partial charge in [-0.2, -0.15) is 0 Å². The summed E-state index contributed by atoms with van der Waals surface area (Å²) in [6.07, 6.45) is 0.978. The van der Waals surface area contributed by atoms with Gasteiger partial charge in [0.25, 0.3) is 0 Å². The van der Waals surface area contributed by atoms with Crippen molar-refractivity contribution in [1.29, 1.82) is 0 Å². The summed E-state index contributed by atoms with van der Waals surface area (Å²) < 4.78 is 4.93. The first-order valence-electron chi connectivity index (χ1n) is 4.97. The minimum absolute atomic E-state index is 0.0307. The maximum absolute atomic E-state index is 11.4. The van der Waals surface area contributed by atoms with Gasteiger partial charge in [-0.25, -0.2) is 4.79 Å². The predicted molar refractivity (Wildman–Crippen MR) is 54.3 cm³/mol. The average molecular weight is 201 g/mol. The highest BCUT2D eigenvalue weighted by atomic mass is 16.5. The summed E-state index contributed by atoms with van der Waals surface area (Å²) in [5, 5.41) is 6.01. The second-order valence-electron chi connectivity index (χ2n) is 3.48. The van der Waals surface area contributed by atoms with E-state index in [-0.39, 0.29) is 12.1 Å². The van der Waals surface area contributed by atoms with Gasteiger partial charge in [-0.15, -0.1) is 0 Å². The lowest BCUT2D eigenvalue weighted by Gasteiger charge is -2.13. The highest BCUT2D eigenvalue weighted by Gasteiger charge is 2.27. The van der Waals surface area contributed by atoms with E-state index in [0.29, 0.717) is 13.2 Å². The van der Waals surface area contributed by atoms with Crippen molar-refractivity contribution in [2.24, 2.45) is 0 Å². The van der Waals surface area contributed by atoms with E-state index in [4.69, 9.17) is 4.74 Å². The van der Waals surface area contributed by atoms with Crippen molar-refractivity contribution < 1.29 is 9.53 Å². The summed E-state index contributed by atoms with van der Waals surface area (Å²) in [6.45, 7) is 3.01. The van der Waals surface area contributed by atoms with Gasteiger partial charge >= 0.3 is 6.03 Å². The van der Waals surface area contributed by atoms with Crippen LogP contribution in [-0.2, 0) is 4.74 Å². The minimum Gasteiger partial charge on any atom is -0.383 e. The molecular weight excluding hydrogens is 182 g/mol. The first kappa shape index (κ1) is 11.3. The molecule has 82 valence electrons. The molecule has 1 aliphatic rings. The normalized spacial score (nSPS) is 21.4. The molecule has 0 spiro atoms. The molecule has 2 amide bonds. The van der Waals surface area contributed by atoms with E-state index in [9.17, 15) is 4.79 Å². The van der Waals surface area contributed by atoms with Gasteiger partial charge in [0.15, 0.2) is 0 Å². The van der Waals surface area contributed by atoms with Crippen molar-refractivity contribution in [2.45, 2.75) is 12.5 Å². The molecule has 0 aliphatic carbocycles. The van der Waals surface area contributed by atoms with Crippen LogP contribution in [0.1, 0.15) is 6.42 Å². The van der Waals surface area contributed by atoms with Gasteiger partial charge in [-0.3, -0.25) is 0 Å². The van der Waals surface area contributed by atoms with E-state index in [1.165, 1.54) is 0 Å². The van der Waals surface area contributed by atoms with Crippen molar-refractivity contribution in [3.63, 3.8) is 0 Å². The second kappa shape index (κ2) is 5.82. The number of ether oxygens (including phenoxy) is 1. The fourth-order valence-corrected chi connectivity index (χ4v) is 1.54. The Bertz CT molecular complexity index is 187. The minimum atomic E-state index is 0.0307. The Morgan fingerprint density at radius 1 is 1.71 bits per heavy atom. The van der Waals surface area contributed by atoms with E-state index in [1.54, 1.807) is 12.0 Å². The van der Waals surface area contributed by atoms with Crippen molar-refractivity contribution in [1.82, 2.24) is 15.5 Å². The second-order valence-corrected chi connectivity index (χ2v) is 3.48. The Labute approximate surface area is 84.8 Å². The Kier molecular flexibility index (Phi) is 4.69. The number of methoxy groups -OCH3 is 1. The molecule has 5 nitrogen and oxygen atoms in total. The highest BCUT2D eigenvalue weighted by Crippen LogP contribution is 2.05. The molecule has 0 radical (unpaired) electrons. The number of urea groups is 1. The number of amides is 2. The smallest absolute Gasteiger partial charge is 0.317 e. The topological polar surface area (TPSA) is 53.6 Å². The van der Waals surface area contributed by atoms with Gasteiger partial charge in [-0.1, -0.05) is 0 Å². The lowest BCUT2D eigenvalue weighted by molar-refractivity contribution is 0.161. The first-order valence-corrected chi connectivity index (χ1v) is 4.97. The summed E-state index contributed by atoms with van der Waals surface area (Å²) in [7, 11) is 3.56. The van der Waals surface area contributed by atoms with E-state index in [1.807, 2.05) is 7.05 Å². The van der Waals surface area contributed by atoms with Crippen LogP contribution in [0.3, 0.4) is 0 Å². The molecule has 1 atom stereocenters. The van der Waals surface area contributed by atoms with Crippen LogP contribution in [0.2, 0.25) is 0 Å². The van der Waals surface area contributed by atoms with Gasteiger partial charge in [0.1, 0.15) is 0 Å². The third-order valence-electron chi connectivity index (χ3n) is 2.36. The molecule has 1 aliphatic heterocycles. The monoisotopic (exact) mass is 201 g/mol. The number of rotatable bonds is 6. The SMILES string of the molecule is CNCCC1CN(CCOC)C(=O)N1. The molecule has 0 bridgehead atoms. The van der Waals surface area contributed by atoms with E-state index < -0.39 is 0 Å². The molecule has 0 saturated carbocycles. The van der Waals surface area contributed by atoms with Crippen LogP contribution in [-0.4, -0.2) is 57.4 Å². The first-order chi connectivity index (χ1) is 6.77. The summed E-state index contributed by atoms with van der Waals surface area (Å²) in [4.78, 5) is 13.2. The summed E-state index contributed by atoms with van der Waals surface area (Å²) in [5.41, 5.74) is 0. The summed E-state index contributed by atoms with van der Waals surface area (Å²) in [6, 6.07) is 0.315. The molecular formula is C9H19N3O2. The summed E-state index contributed by atoms with van der Waals surface area (Å²) in [5.74, 6) is 0. The number of carbonyl (C=O) groups excluding carboxylic acids is 1. The molecule has 5 heteroatoms. The van der Waals surface area contributed by atoms with Crippen molar-refractivity contribution in [3.8, 4) is 0 Å². The predicted octanol–water partition coefficient (Wildman–Crippen LogP) is -0.364. The van der Waals surface area contributed by atoms with Crippen LogP contribution in [0.5, 0.6) is 0 Å². The maximum Gasteiger partial charge on any atom is 0.317 e. The molecule has 0 aromatic rings. The molecule has 0 aromatic heterocycles. The largest absolute Gasteiger partial charge is 0.383 e. The number of hydrogen-bond donors (Lipinski definition) is 2. The van der Waals surface area contributed by atoms with Crippen molar-refractivity contribution in [3.05, 3.63) is 0 Å².